The van der Waals surface area contributed by atoms with Gasteiger partial charge in [-0.3, -0.25) is 4.79 Å². The van der Waals surface area contributed by atoms with E-state index in [2.05, 4.69) is 5.10 Å². The van der Waals surface area contributed by atoms with Crippen molar-refractivity contribution in [2.24, 2.45) is 0 Å². The van der Waals surface area contributed by atoms with Gasteiger partial charge in [0.2, 0.25) is 10.0 Å². The molecule has 164 valence electrons. The molecule has 0 bridgehead atoms. The minimum atomic E-state index is -3.62. The molecule has 8 nitrogen and oxygen atoms in total. The maximum absolute atomic E-state index is 12.9. The molecule has 0 saturated carbocycles. The molecule has 0 radical (unpaired) electrons. The van der Waals surface area contributed by atoms with Gasteiger partial charge in [-0.15, -0.1) is 0 Å². The second kappa shape index (κ2) is 8.96. The first kappa shape index (κ1) is 21.8. The van der Waals surface area contributed by atoms with Gasteiger partial charge in [-0.25, -0.2) is 13.1 Å². The van der Waals surface area contributed by atoms with E-state index in [0.29, 0.717) is 43.4 Å². The number of rotatable bonds is 6. The maximum Gasteiger partial charge on any atom is 0.250 e. The van der Waals surface area contributed by atoms with E-state index < -0.39 is 10.0 Å². The minimum absolute atomic E-state index is 0.0573. The lowest BCUT2D eigenvalue weighted by atomic mass is 10.1. The second-order valence-electron chi connectivity index (χ2n) is 7.25. The Hall–Kier alpha value is -2.46. The standard InChI is InChI=1S/C21H23ClN4O4S/c1-2-7-24-15-17(3-6-21(24)27)26-14-16(13-23-26)19-5-4-18(12-20(19)22)31(28,29)25-8-10-30-11-9-25/h3-6,12-15H,2,7-11H2,1H3. The molecule has 1 fully saturated rings. The number of nitrogens with zero attached hydrogens (tertiary/aromatic N) is 4. The van der Waals surface area contributed by atoms with Gasteiger partial charge in [-0.2, -0.15) is 9.40 Å². The molecule has 2 aromatic heterocycles. The van der Waals surface area contributed by atoms with Crippen molar-refractivity contribution in [3.8, 4) is 16.8 Å². The molecular formula is C21H23ClN4O4S. The number of morpholine rings is 1. The third kappa shape index (κ3) is 4.45. The average molecular weight is 463 g/mol. The van der Waals surface area contributed by atoms with Crippen LogP contribution in [0.3, 0.4) is 0 Å². The van der Waals surface area contributed by atoms with Crippen LogP contribution >= 0.6 is 11.6 Å². The summed E-state index contributed by atoms with van der Waals surface area (Å²) in [5, 5.41) is 4.71. The SMILES string of the molecule is CCCn1cc(-n2cc(-c3ccc(S(=O)(=O)N4CCOCC4)cc3Cl)cn2)ccc1=O. The van der Waals surface area contributed by atoms with Crippen LogP contribution in [0.15, 0.2) is 58.6 Å². The van der Waals surface area contributed by atoms with Gasteiger partial charge in [0.15, 0.2) is 0 Å². The predicted molar refractivity (Wildman–Crippen MR) is 118 cm³/mol. The Kier molecular flexibility index (Phi) is 6.29. The molecule has 1 saturated heterocycles. The average Bonchev–Trinajstić information content (AvgIpc) is 3.26. The van der Waals surface area contributed by atoms with E-state index in [0.717, 1.165) is 17.7 Å². The lowest BCUT2D eigenvalue weighted by Gasteiger charge is -2.26. The molecule has 10 heteroatoms. The van der Waals surface area contributed by atoms with E-state index in [9.17, 15) is 13.2 Å². The number of aryl methyl sites for hydroxylation is 1. The minimum Gasteiger partial charge on any atom is -0.379 e. The molecule has 31 heavy (non-hydrogen) atoms. The fourth-order valence-corrected chi connectivity index (χ4v) is 5.29. The van der Waals surface area contributed by atoms with Crippen LogP contribution in [0, 0.1) is 0 Å². The molecule has 4 rings (SSSR count). The molecule has 3 aromatic rings. The number of benzene rings is 1. The summed E-state index contributed by atoms with van der Waals surface area (Å²) >= 11 is 6.46. The van der Waals surface area contributed by atoms with Crippen LogP contribution in [0.2, 0.25) is 5.02 Å². The fraction of sp³-hybridized carbons (Fsp3) is 0.333. The summed E-state index contributed by atoms with van der Waals surface area (Å²) in [5.74, 6) is 0. The van der Waals surface area contributed by atoms with Gasteiger partial charge < -0.3 is 9.30 Å². The van der Waals surface area contributed by atoms with Crippen LogP contribution in [0.25, 0.3) is 16.8 Å². The van der Waals surface area contributed by atoms with Crippen LogP contribution in [-0.4, -0.2) is 53.4 Å². The highest BCUT2D eigenvalue weighted by Gasteiger charge is 2.27. The van der Waals surface area contributed by atoms with Crippen molar-refractivity contribution in [3.05, 3.63) is 64.3 Å². The van der Waals surface area contributed by atoms with Crippen molar-refractivity contribution < 1.29 is 13.2 Å². The molecule has 1 aromatic carbocycles. The Morgan fingerprint density at radius 3 is 2.61 bits per heavy atom. The summed E-state index contributed by atoms with van der Waals surface area (Å²) in [6.45, 7) is 4.07. The van der Waals surface area contributed by atoms with Gasteiger partial charge in [-0.1, -0.05) is 24.6 Å². The summed E-state index contributed by atoms with van der Waals surface area (Å²) < 4.78 is 35.7. The molecule has 0 atom stereocenters. The highest BCUT2D eigenvalue weighted by Crippen LogP contribution is 2.31. The van der Waals surface area contributed by atoms with E-state index in [1.165, 1.54) is 16.4 Å². The highest BCUT2D eigenvalue weighted by atomic mass is 35.5. The Bertz CT molecular complexity index is 1250. The van der Waals surface area contributed by atoms with Gasteiger partial charge >= 0.3 is 0 Å². The first-order valence-corrected chi connectivity index (χ1v) is 11.9. The topological polar surface area (TPSA) is 86.4 Å². The van der Waals surface area contributed by atoms with Crippen molar-refractivity contribution in [1.82, 2.24) is 18.7 Å². The van der Waals surface area contributed by atoms with E-state index in [1.807, 2.05) is 6.92 Å². The molecule has 0 amide bonds. The molecule has 1 aliphatic heterocycles. The zero-order valence-electron chi connectivity index (χ0n) is 17.1. The number of aromatic nitrogens is 3. The number of hydrogen-bond acceptors (Lipinski definition) is 5. The van der Waals surface area contributed by atoms with Crippen molar-refractivity contribution in [3.63, 3.8) is 0 Å². The Morgan fingerprint density at radius 2 is 1.90 bits per heavy atom. The quantitative estimate of drug-likeness (QED) is 0.562. The van der Waals surface area contributed by atoms with Crippen molar-refractivity contribution in [2.75, 3.05) is 26.3 Å². The van der Waals surface area contributed by atoms with Gasteiger partial charge in [0.25, 0.3) is 5.56 Å². The van der Waals surface area contributed by atoms with E-state index in [-0.39, 0.29) is 10.5 Å². The predicted octanol–water partition coefficient (Wildman–Crippen LogP) is 2.79. The lowest BCUT2D eigenvalue weighted by Crippen LogP contribution is -2.40. The molecule has 0 spiro atoms. The number of halogens is 1. The Balaban J connectivity index is 1.62. The number of pyridine rings is 1. The molecule has 0 unspecified atom stereocenters. The lowest BCUT2D eigenvalue weighted by molar-refractivity contribution is 0.0730. The van der Waals surface area contributed by atoms with E-state index in [4.69, 9.17) is 16.3 Å². The molecule has 0 N–H and O–H groups in total. The van der Waals surface area contributed by atoms with Crippen LogP contribution in [0.5, 0.6) is 0 Å². The van der Waals surface area contributed by atoms with Crippen LogP contribution in [0.4, 0.5) is 0 Å². The van der Waals surface area contributed by atoms with Crippen molar-refractivity contribution in [1.29, 1.82) is 0 Å². The highest BCUT2D eigenvalue weighted by molar-refractivity contribution is 7.89. The summed E-state index contributed by atoms with van der Waals surface area (Å²) in [4.78, 5) is 12.1. The molecule has 0 aliphatic carbocycles. The smallest absolute Gasteiger partial charge is 0.250 e. The van der Waals surface area contributed by atoms with Gasteiger partial charge in [0.05, 0.1) is 30.0 Å². The first-order chi connectivity index (χ1) is 14.9. The zero-order chi connectivity index (χ0) is 22.0. The fourth-order valence-electron chi connectivity index (χ4n) is 3.50. The van der Waals surface area contributed by atoms with Crippen LogP contribution in [-0.2, 0) is 21.3 Å². The summed E-state index contributed by atoms with van der Waals surface area (Å²) in [6, 6.07) is 7.95. The number of hydrogen-bond donors (Lipinski definition) is 0. The molecule has 3 heterocycles. The number of ether oxygens (including phenoxy) is 1. The summed E-state index contributed by atoms with van der Waals surface area (Å²) in [5.41, 5.74) is 2.12. The number of sulfonamides is 1. The monoisotopic (exact) mass is 462 g/mol. The molecule has 1 aliphatic rings. The van der Waals surface area contributed by atoms with Gasteiger partial charge in [0.1, 0.15) is 0 Å². The van der Waals surface area contributed by atoms with Crippen LogP contribution < -0.4 is 5.56 Å². The van der Waals surface area contributed by atoms with Gasteiger partial charge in [0, 0.05) is 54.2 Å². The largest absolute Gasteiger partial charge is 0.379 e. The normalized spacial score (nSPS) is 15.3. The third-order valence-corrected chi connectivity index (χ3v) is 7.35. The van der Waals surface area contributed by atoms with Crippen LogP contribution in [0.1, 0.15) is 13.3 Å². The van der Waals surface area contributed by atoms with Crippen molar-refractivity contribution in [2.45, 2.75) is 24.8 Å². The van der Waals surface area contributed by atoms with Gasteiger partial charge in [-0.05, 0) is 24.6 Å². The van der Waals surface area contributed by atoms with E-state index in [1.54, 1.807) is 46.0 Å². The van der Waals surface area contributed by atoms with E-state index >= 15 is 0 Å². The maximum atomic E-state index is 12.9. The second-order valence-corrected chi connectivity index (χ2v) is 9.60. The zero-order valence-corrected chi connectivity index (χ0v) is 18.6. The molecular weight excluding hydrogens is 440 g/mol. The van der Waals surface area contributed by atoms with Crippen molar-refractivity contribution >= 4 is 21.6 Å². The Morgan fingerprint density at radius 1 is 1.13 bits per heavy atom. The Labute approximate surface area is 185 Å². The first-order valence-electron chi connectivity index (χ1n) is 10.0. The summed E-state index contributed by atoms with van der Waals surface area (Å²) in [6.07, 6.45) is 6.07. The third-order valence-electron chi connectivity index (χ3n) is 5.14. The summed E-state index contributed by atoms with van der Waals surface area (Å²) in [7, 11) is -3.62.